The zero-order valence-electron chi connectivity index (χ0n) is 15.2. The lowest BCUT2D eigenvalue weighted by atomic mass is 10.2. The second-order valence-corrected chi connectivity index (χ2v) is 8.20. The summed E-state index contributed by atoms with van der Waals surface area (Å²) in [5.74, 6) is 0.125. The van der Waals surface area contributed by atoms with Crippen LogP contribution in [0.25, 0.3) is 0 Å². The number of hydrogen-bond acceptors (Lipinski definition) is 4. The van der Waals surface area contributed by atoms with Crippen LogP contribution in [0.3, 0.4) is 0 Å². The van der Waals surface area contributed by atoms with Crippen LogP contribution < -0.4 is 4.18 Å². The number of nitrogens with zero attached hydrogens (tertiary/aromatic N) is 1. The summed E-state index contributed by atoms with van der Waals surface area (Å²) in [7, 11) is -4.07. The van der Waals surface area contributed by atoms with Crippen molar-refractivity contribution in [2.24, 2.45) is 0 Å². The number of carbonyl (C=O) groups excluding carboxylic acids is 1. The molecule has 0 saturated carbocycles. The average Bonchev–Trinajstić information content (AvgIpc) is 2.51. The molecule has 0 saturated heterocycles. The molecular weight excluding hydrogens is 374 g/mol. The predicted molar refractivity (Wildman–Crippen MR) is 102 cm³/mol. The number of carbonyl (C=O) groups is 1. The van der Waals surface area contributed by atoms with E-state index in [-0.39, 0.29) is 27.6 Å². The van der Waals surface area contributed by atoms with Crippen LogP contribution >= 0.6 is 11.6 Å². The summed E-state index contributed by atoms with van der Waals surface area (Å²) in [6, 6.07) is 11.6. The SMILES string of the molecule is CC(=O)N(Cc1cccc(OS(=O)(=O)c2c(C)cccc2Cl)c1)C(C)C. The van der Waals surface area contributed by atoms with Gasteiger partial charge in [-0.05, 0) is 50.1 Å². The van der Waals surface area contributed by atoms with E-state index in [4.69, 9.17) is 15.8 Å². The molecule has 0 atom stereocenters. The van der Waals surface area contributed by atoms with Crippen molar-refractivity contribution in [3.63, 3.8) is 0 Å². The minimum atomic E-state index is -4.07. The van der Waals surface area contributed by atoms with E-state index in [9.17, 15) is 13.2 Å². The molecule has 0 aliphatic carbocycles. The van der Waals surface area contributed by atoms with Gasteiger partial charge in [0, 0.05) is 19.5 Å². The molecule has 26 heavy (non-hydrogen) atoms. The third-order valence-corrected chi connectivity index (χ3v) is 5.78. The average molecular weight is 396 g/mol. The fourth-order valence-corrected chi connectivity index (χ4v) is 4.37. The van der Waals surface area contributed by atoms with E-state index >= 15 is 0 Å². The minimum absolute atomic E-state index is 0.0339. The highest BCUT2D eigenvalue weighted by Crippen LogP contribution is 2.28. The predicted octanol–water partition coefficient (Wildman–Crippen LogP) is 4.17. The molecule has 0 N–H and O–H groups in total. The molecule has 1 amide bonds. The van der Waals surface area contributed by atoms with Gasteiger partial charge in [-0.25, -0.2) is 0 Å². The van der Waals surface area contributed by atoms with E-state index < -0.39 is 10.1 Å². The van der Waals surface area contributed by atoms with Crippen LogP contribution in [0.4, 0.5) is 0 Å². The van der Waals surface area contributed by atoms with Crippen molar-refractivity contribution in [2.45, 2.75) is 45.2 Å². The Labute approximate surface area is 159 Å². The zero-order valence-corrected chi connectivity index (χ0v) is 16.8. The van der Waals surface area contributed by atoms with Gasteiger partial charge in [0.25, 0.3) is 0 Å². The fraction of sp³-hybridized carbons (Fsp3) is 0.316. The summed E-state index contributed by atoms with van der Waals surface area (Å²) in [4.78, 5) is 13.4. The Kier molecular flexibility index (Phi) is 6.31. The molecule has 2 aromatic rings. The first-order valence-corrected chi connectivity index (χ1v) is 9.96. The molecule has 0 heterocycles. The summed E-state index contributed by atoms with van der Waals surface area (Å²) in [5.41, 5.74) is 1.29. The van der Waals surface area contributed by atoms with Crippen molar-refractivity contribution in [3.8, 4) is 5.75 Å². The first-order chi connectivity index (χ1) is 12.1. The maximum Gasteiger partial charge on any atom is 0.340 e. The van der Waals surface area contributed by atoms with Gasteiger partial charge in [0.1, 0.15) is 10.6 Å². The summed E-state index contributed by atoms with van der Waals surface area (Å²) in [5, 5.41) is 0.115. The molecule has 140 valence electrons. The maximum atomic E-state index is 12.6. The quantitative estimate of drug-likeness (QED) is 0.688. The second-order valence-electron chi connectivity index (χ2n) is 6.31. The molecule has 0 aromatic heterocycles. The number of benzene rings is 2. The molecule has 0 unspecified atom stereocenters. The van der Waals surface area contributed by atoms with Gasteiger partial charge < -0.3 is 9.08 Å². The lowest BCUT2D eigenvalue weighted by molar-refractivity contribution is -0.131. The number of aryl methyl sites for hydroxylation is 1. The highest BCUT2D eigenvalue weighted by atomic mass is 35.5. The van der Waals surface area contributed by atoms with Crippen molar-refractivity contribution in [1.29, 1.82) is 0 Å². The van der Waals surface area contributed by atoms with E-state index in [0.29, 0.717) is 12.1 Å². The topological polar surface area (TPSA) is 63.7 Å². The van der Waals surface area contributed by atoms with Crippen molar-refractivity contribution in [3.05, 3.63) is 58.6 Å². The molecule has 0 aliphatic rings. The minimum Gasteiger partial charge on any atom is -0.379 e. The van der Waals surface area contributed by atoms with Gasteiger partial charge >= 0.3 is 10.1 Å². The molecule has 2 aromatic carbocycles. The first-order valence-electron chi connectivity index (χ1n) is 8.17. The van der Waals surface area contributed by atoms with Crippen molar-refractivity contribution < 1.29 is 17.4 Å². The molecule has 0 spiro atoms. The van der Waals surface area contributed by atoms with Gasteiger partial charge in [-0.1, -0.05) is 35.9 Å². The van der Waals surface area contributed by atoms with Crippen LogP contribution in [0.15, 0.2) is 47.4 Å². The summed E-state index contributed by atoms with van der Waals surface area (Å²) in [6.45, 7) is 7.38. The van der Waals surface area contributed by atoms with Crippen molar-refractivity contribution >= 4 is 27.6 Å². The van der Waals surface area contributed by atoms with E-state index in [1.807, 2.05) is 19.9 Å². The second kappa shape index (κ2) is 8.10. The Balaban J connectivity index is 2.29. The maximum absolute atomic E-state index is 12.6. The van der Waals surface area contributed by atoms with Crippen LogP contribution in [0, 0.1) is 6.92 Å². The van der Waals surface area contributed by atoms with Gasteiger partial charge in [-0.3, -0.25) is 4.79 Å². The third-order valence-electron chi connectivity index (χ3n) is 3.90. The number of halogens is 1. The van der Waals surface area contributed by atoms with Gasteiger partial charge in [-0.2, -0.15) is 8.42 Å². The van der Waals surface area contributed by atoms with E-state index in [1.165, 1.54) is 13.0 Å². The van der Waals surface area contributed by atoms with Crippen LogP contribution in [0.5, 0.6) is 5.75 Å². The summed E-state index contributed by atoms with van der Waals surface area (Å²) in [6.07, 6.45) is 0. The highest BCUT2D eigenvalue weighted by molar-refractivity contribution is 7.87. The van der Waals surface area contributed by atoms with Gasteiger partial charge in [0.2, 0.25) is 5.91 Å². The summed E-state index contributed by atoms with van der Waals surface area (Å²) < 4.78 is 30.5. The molecule has 0 fully saturated rings. The smallest absolute Gasteiger partial charge is 0.340 e. The monoisotopic (exact) mass is 395 g/mol. The van der Waals surface area contributed by atoms with Crippen LogP contribution in [0.1, 0.15) is 31.9 Å². The largest absolute Gasteiger partial charge is 0.379 e. The third kappa shape index (κ3) is 4.77. The van der Waals surface area contributed by atoms with Crippen LogP contribution in [-0.4, -0.2) is 25.3 Å². The van der Waals surface area contributed by atoms with E-state index in [0.717, 1.165) is 5.56 Å². The van der Waals surface area contributed by atoms with Crippen LogP contribution in [-0.2, 0) is 21.5 Å². The molecule has 0 radical (unpaired) electrons. The fourth-order valence-electron chi connectivity index (χ4n) is 2.65. The number of amides is 1. The zero-order chi connectivity index (χ0) is 19.5. The Hall–Kier alpha value is -2.05. The lowest BCUT2D eigenvalue weighted by Crippen LogP contribution is -2.34. The Morgan fingerprint density at radius 2 is 1.85 bits per heavy atom. The van der Waals surface area contributed by atoms with Crippen LogP contribution in [0.2, 0.25) is 5.02 Å². The molecule has 7 heteroatoms. The van der Waals surface area contributed by atoms with Crippen molar-refractivity contribution in [1.82, 2.24) is 4.90 Å². The van der Waals surface area contributed by atoms with Crippen molar-refractivity contribution in [2.75, 3.05) is 0 Å². The number of hydrogen-bond donors (Lipinski definition) is 0. The Morgan fingerprint density at radius 1 is 1.19 bits per heavy atom. The van der Waals surface area contributed by atoms with Gasteiger partial charge in [-0.15, -0.1) is 0 Å². The Bertz CT molecular complexity index is 889. The lowest BCUT2D eigenvalue weighted by Gasteiger charge is -2.25. The Morgan fingerprint density at radius 3 is 2.42 bits per heavy atom. The molecule has 5 nitrogen and oxygen atoms in total. The standard InChI is InChI=1S/C19H22ClNO4S/c1-13(2)21(15(4)22)12-16-8-6-9-17(11-16)25-26(23,24)19-14(3)7-5-10-18(19)20/h5-11,13H,12H2,1-4H3. The molecule has 2 rings (SSSR count). The van der Waals surface area contributed by atoms with E-state index in [1.54, 1.807) is 42.2 Å². The van der Waals surface area contributed by atoms with E-state index in [2.05, 4.69) is 0 Å². The highest BCUT2D eigenvalue weighted by Gasteiger charge is 2.23. The van der Waals surface area contributed by atoms with Gasteiger partial charge in [0.05, 0.1) is 5.02 Å². The molecule has 0 bridgehead atoms. The normalized spacial score (nSPS) is 11.5. The number of rotatable bonds is 6. The molecule has 0 aliphatic heterocycles. The summed E-state index contributed by atoms with van der Waals surface area (Å²) >= 11 is 6.05. The molecular formula is C19H22ClNO4S. The first kappa shape index (κ1) is 20.3. The van der Waals surface area contributed by atoms with Gasteiger partial charge in [0.15, 0.2) is 0 Å².